The van der Waals surface area contributed by atoms with E-state index in [1.807, 2.05) is 0 Å². The third-order valence-electron chi connectivity index (χ3n) is 4.71. The Balaban J connectivity index is 1.62. The first kappa shape index (κ1) is 21.5. The van der Waals surface area contributed by atoms with Gasteiger partial charge in [-0.25, -0.2) is 4.90 Å². The van der Waals surface area contributed by atoms with Crippen LogP contribution in [-0.4, -0.2) is 24.8 Å². The Kier molecular flexibility index (Phi) is 5.88. The standard InChI is InChI=1S/C22H13Br2ClN2O4/c1-31-19-15(8-11(23)9-16(19)24)20(28)26-18-7-6-12(10-17(18)25)27-21(29)13-4-2-3-5-14(13)22(27)30/h2-10H,1H3,(H,26,28). The quantitative estimate of drug-likeness (QED) is 0.399. The van der Waals surface area contributed by atoms with Crippen molar-refractivity contribution < 1.29 is 19.1 Å². The molecule has 1 N–H and O–H groups in total. The molecule has 4 rings (SSSR count). The van der Waals surface area contributed by atoms with E-state index in [2.05, 4.69) is 37.2 Å². The van der Waals surface area contributed by atoms with E-state index < -0.39 is 17.7 Å². The molecule has 0 spiro atoms. The fourth-order valence-corrected chi connectivity index (χ4v) is 4.90. The van der Waals surface area contributed by atoms with Crippen molar-refractivity contribution in [3.05, 3.63) is 85.3 Å². The number of benzene rings is 3. The third kappa shape index (κ3) is 3.86. The number of amides is 3. The molecule has 0 atom stereocenters. The average Bonchev–Trinajstić information content (AvgIpc) is 2.99. The minimum atomic E-state index is -0.436. The molecule has 31 heavy (non-hydrogen) atoms. The first-order valence-electron chi connectivity index (χ1n) is 8.93. The van der Waals surface area contributed by atoms with Gasteiger partial charge >= 0.3 is 0 Å². The summed E-state index contributed by atoms with van der Waals surface area (Å²) in [5, 5.41) is 2.91. The van der Waals surface area contributed by atoms with Crippen LogP contribution < -0.4 is 15.0 Å². The van der Waals surface area contributed by atoms with Gasteiger partial charge in [0.2, 0.25) is 0 Å². The molecule has 6 nitrogen and oxygen atoms in total. The summed E-state index contributed by atoms with van der Waals surface area (Å²) < 4.78 is 6.62. The average molecular weight is 565 g/mol. The number of hydrogen-bond acceptors (Lipinski definition) is 4. The van der Waals surface area contributed by atoms with E-state index in [1.165, 1.54) is 13.2 Å². The van der Waals surface area contributed by atoms with Crippen molar-refractivity contribution in [2.75, 3.05) is 17.3 Å². The van der Waals surface area contributed by atoms with Crippen molar-refractivity contribution in [1.82, 2.24) is 0 Å². The molecular formula is C22H13Br2ClN2O4. The van der Waals surface area contributed by atoms with Gasteiger partial charge in [-0.2, -0.15) is 0 Å². The van der Waals surface area contributed by atoms with Crippen LogP contribution in [0.2, 0.25) is 5.02 Å². The summed E-state index contributed by atoms with van der Waals surface area (Å²) in [6.07, 6.45) is 0. The smallest absolute Gasteiger partial charge is 0.266 e. The van der Waals surface area contributed by atoms with Gasteiger partial charge in [-0.3, -0.25) is 14.4 Å². The SMILES string of the molecule is COc1c(Br)cc(Br)cc1C(=O)Nc1ccc(N2C(=O)c3ccccc3C2=O)cc1Cl. The van der Waals surface area contributed by atoms with E-state index >= 15 is 0 Å². The monoisotopic (exact) mass is 562 g/mol. The second-order valence-electron chi connectivity index (χ2n) is 6.58. The van der Waals surface area contributed by atoms with Crippen LogP contribution in [0.25, 0.3) is 0 Å². The van der Waals surface area contributed by atoms with Crippen LogP contribution in [0.15, 0.2) is 63.5 Å². The highest BCUT2D eigenvalue weighted by molar-refractivity contribution is 9.11. The summed E-state index contributed by atoms with van der Waals surface area (Å²) >= 11 is 13.1. The Bertz CT molecular complexity index is 1230. The zero-order chi connectivity index (χ0) is 22.3. The van der Waals surface area contributed by atoms with E-state index in [9.17, 15) is 14.4 Å². The largest absolute Gasteiger partial charge is 0.495 e. The van der Waals surface area contributed by atoms with Crippen LogP contribution >= 0.6 is 43.5 Å². The molecule has 3 aromatic carbocycles. The maximum absolute atomic E-state index is 12.8. The lowest BCUT2D eigenvalue weighted by Gasteiger charge is -2.16. The van der Waals surface area contributed by atoms with E-state index in [0.29, 0.717) is 42.8 Å². The Labute approximate surface area is 199 Å². The van der Waals surface area contributed by atoms with Gasteiger partial charge in [-0.05, 0) is 58.4 Å². The maximum Gasteiger partial charge on any atom is 0.266 e. The number of rotatable bonds is 4. The van der Waals surface area contributed by atoms with Crippen molar-refractivity contribution in [2.45, 2.75) is 0 Å². The number of hydrogen-bond donors (Lipinski definition) is 1. The summed E-state index contributed by atoms with van der Waals surface area (Å²) in [5.74, 6) is -0.900. The van der Waals surface area contributed by atoms with Gasteiger partial charge in [0.05, 0.1) is 44.7 Å². The molecule has 1 aliphatic heterocycles. The van der Waals surface area contributed by atoms with E-state index in [-0.39, 0.29) is 5.02 Å². The summed E-state index contributed by atoms with van der Waals surface area (Å²) in [5.41, 5.74) is 1.62. The first-order chi connectivity index (χ1) is 14.8. The highest BCUT2D eigenvalue weighted by Crippen LogP contribution is 2.35. The highest BCUT2D eigenvalue weighted by atomic mass is 79.9. The first-order valence-corrected chi connectivity index (χ1v) is 10.9. The minimum Gasteiger partial charge on any atom is -0.495 e. The van der Waals surface area contributed by atoms with E-state index in [4.69, 9.17) is 16.3 Å². The molecule has 0 aliphatic carbocycles. The molecule has 3 aromatic rings. The molecule has 0 bridgehead atoms. The molecule has 0 radical (unpaired) electrons. The molecule has 1 heterocycles. The Morgan fingerprint density at radius 2 is 1.65 bits per heavy atom. The predicted molar refractivity (Wildman–Crippen MR) is 125 cm³/mol. The predicted octanol–water partition coefficient (Wildman–Crippen LogP) is 5.93. The number of carbonyl (C=O) groups is 3. The molecule has 0 unspecified atom stereocenters. The Morgan fingerprint density at radius 3 is 2.23 bits per heavy atom. The zero-order valence-corrected chi connectivity index (χ0v) is 19.8. The second kappa shape index (κ2) is 8.45. The summed E-state index contributed by atoms with van der Waals surface area (Å²) in [6.45, 7) is 0. The summed E-state index contributed by atoms with van der Waals surface area (Å²) in [6, 6.07) is 14.6. The Hall–Kier alpha value is -2.68. The minimum absolute atomic E-state index is 0.176. The van der Waals surface area contributed by atoms with Crippen molar-refractivity contribution >= 4 is 72.6 Å². The maximum atomic E-state index is 12.8. The van der Waals surface area contributed by atoms with Crippen molar-refractivity contribution in [1.29, 1.82) is 0 Å². The van der Waals surface area contributed by atoms with Crippen LogP contribution in [0, 0.1) is 0 Å². The van der Waals surface area contributed by atoms with Crippen LogP contribution in [0.3, 0.4) is 0 Å². The lowest BCUT2D eigenvalue weighted by atomic mass is 10.1. The van der Waals surface area contributed by atoms with Gasteiger partial charge in [0, 0.05) is 4.47 Å². The number of ether oxygens (including phenoxy) is 1. The number of imide groups is 1. The number of carbonyl (C=O) groups excluding carboxylic acids is 3. The molecular weight excluding hydrogens is 552 g/mol. The zero-order valence-electron chi connectivity index (χ0n) is 15.9. The Morgan fingerprint density at radius 1 is 1.00 bits per heavy atom. The normalized spacial score (nSPS) is 12.7. The molecule has 0 saturated carbocycles. The number of nitrogens with zero attached hydrogens (tertiary/aromatic N) is 1. The van der Waals surface area contributed by atoms with Crippen LogP contribution in [0.4, 0.5) is 11.4 Å². The van der Waals surface area contributed by atoms with Crippen LogP contribution in [0.1, 0.15) is 31.1 Å². The lowest BCUT2D eigenvalue weighted by molar-refractivity contribution is 0.0924. The fourth-order valence-electron chi connectivity index (χ4n) is 3.29. The van der Waals surface area contributed by atoms with Crippen molar-refractivity contribution in [3.63, 3.8) is 0 Å². The molecule has 0 saturated heterocycles. The van der Waals surface area contributed by atoms with Gasteiger partial charge in [-0.1, -0.05) is 39.7 Å². The van der Waals surface area contributed by atoms with Gasteiger partial charge < -0.3 is 10.1 Å². The molecule has 1 aliphatic rings. The number of methoxy groups -OCH3 is 1. The van der Waals surface area contributed by atoms with Crippen molar-refractivity contribution in [3.8, 4) is 5.75 Å². The summed E-state index contributed by atoms with van der Waals surface area (Å²) in [7, 11) is 1.47. The summed E-state index contributed by atoms with van der Waals surface area (Å²) in [4.78, 5) is 39.2. The lowest BCUT2D eigenvalue weighted by Crippen LogP contribution is -2.29. The molecule has 3 amide bonds. The van der Waals surface area contributed by atoms with Crippen molar-refractivity contribution in [2.24, 2.45) is 0 Å². The molecule has 156 valence electrons. The molecule has 9 heteroatoms. The van der Waals surface area contributed by atoms with E-state index in [0.717, 1.165) is 4.90 Å². The fraction of sp³-hybridized carbons (Fsp3) is 0.0455. The van der Waals surface area contributed by atoms with E-state index in [1.54, 1.807) is 48.5 Å². The van der Waals surface area contributed by atoms with Gasteiger partial charge in [0.1, 0.15) is 5.75 Å². The topological polar surface area (TPSA) is 75.7 Å². The number of nitrogens with one attached hydrogen (secondary N) is 1. The number of anilines is 2. The van der Waals surface area contributed by atoms with Gasteiger partial charge in [0.15, 0.2) is 0 Å². The number of fused-ring (bicyclic) bond motifs is 1. The highest BCUT2D eigenvalue weighted by Gasteiger charge is 2.36. The second-order valence-corrected chi connectivity index (χ2v) is 8.76. The van der Waals surface area contributed by atoms with Gasteiger partial charge in [0.25, 0.3) is 17.7 Å². The van der Waals surface area contributed by atoms with Crippen LogP contribution in [-0.2, 0) is 0 Å². The number of halogens is 3. The third-order valence-corrected chi connectivity index (χ3v) is 6.07. The van der Waals surface area contributed by atoms with Gasteiger partial charge in [-0.15, -0.1) is 0 Å². The van der Waals surface area contributed by atoms with Crippen LogP contribution in [0.5, 0.6) is 5.75 Å². The molecule has 0 fully saturated rings. The molecule has 0 aromatic heterocycles.